The van der Waals surface area contributed by atoms with Crippen LogP contribution in [0.5, 0.6) is 0 Å². The van der Waals surface area contributed by atoms with Gasteiger partial charge in [0.1, 0.15) is 0 Å². The quantitative estimate of drug-likeness (QED) is 0.344. The Morgan fingerprint density at radius 1 is 1.00 bits per heavy atom. The van der Waals surface area contributed by atoms with E-state index in [1.54, 1.807) is 0 Å². The minimum atomic E-state index is 0.875. The fraction of sp³-hybridized carbons (Fsp3) is 0. The number of hydrogen-bond donors (Lipinski definition) is 0. The van der Waals surface area contributed by atoms with Gasteiger partial charge >= 0.3 is 21.6 Å². The summed E-state index contributed by atoms with van der Waals surface area (Å²) in [6, 6.07) is 0. The van der Waals surface area contributed by atoms with Gasteiger partial charge in [-0.15, -0.1) is 0 Å². The Bertz CT molecular complexity index is 59.0. The normalized spacial score (nSPS) is 2.50. The van der Waals surface area contributed by atoms with Gasteiger partial charge in [0.25, 0.3) is 0 Å². The summed E-state index contributed by atoms with van der Waals surface area (Å²) < 4.78 is 17.2. The zero-order valence-corrected chi connectivity index (χ0v) is 1.82. The molecule has 0 saturated carbocycles. The molecule has 0 rings (SSSR count). The SMILES string of the molecule is [O+]#CC#[O+]. The molecule has 0 fully saturated rings. The van der Waals surface area contributed by atoms with Crippen LogP contribution in [0.25, 0.3) is 0 Å². The van der Waals surface area contributed by atoms with E-state index < -0.39 is 0 Å². The van der Waals surface area contributed by atoms with Crippen LogP contribution in [0.4, 0.5) is 0 Å². The van der Waals surface area contributed by atoms with Gasteiger partial charge in [-0.05, 0) is 0 Å². The van der Waals surface area contributed by atoms with Gasteiger partial charge in [0, 0.05) is 0 Å². The van der Waals surface area contributed by atoms with E-state index in [0.717, 1.165) is 12.3 Å². The first kappa shape index (κ1) is 3.48. The molecule has 0 N–H and O–H groups in total. The van der Waals surface area contributed by atoms with Crippen molar-refractivity contribution in [3.05, 3.63) is 0 Å². The predicted molar refractivity (Wildman–Crippen MR) is 9.15 cm³/mol. The van der Waals surface area contributed by atoms with Crippen LogP contribution in [0, 0.1) is 12.3 Å². The molecule has 0 aliphatic carbocycles. The first-order chi connectivity index (χ1) is 1.91. The molecule has 0 heterocycles. The van der Waals surface area contributed by atoms with Crippen LogP contribution in [0.3, 0.4) is 0 Å². The Labute approximate surface area is 22.9 Å². The molecule has 0 aliphatic heterocycles. The third-order valence-corrected chi connectivity index (χ3v) is 0.0417. The van der Waals surface area contributed by atoms with E-state index in [0.29, 0.717) is 0 Å². The Morgan fingerprint density at radius 2 is 1.25 bits per heavy atom. The van der Waals surface area contributed by atoms with Gasteiger partial charge < -0.3 is 0 Å². The van der Waals surface area contributed by atoms with Crippen molar-refractivity contribution in [3.8, 4) is 12.3 Å². The second-order valence-electron chi connectivity index (χ2n) is 0.204. The molecule has 0 aromatic heterocycles. The summed E-state index contributed by atoms with van der Waals surface area (Å²) in [6.07, 6.45) is 1.75. The number of hydrogen-bond acceptors (Lipinski definition) is 0. The molecule has 4 heavy (non-hydrogen) atoms. The van der Waals surface area contributed by atoms with E-state index in [1.165, 1.54) is 0 Å². The van der Waals surface area contributed by atoms with Crippen LogP contribution in [0.1, 0.15) is 0 Å². The monoisotopic (exact) mass is 56.0 g/mol. The Kier molecular flexibility index (Phi) is 2.16. The predicted octanol–water partition coefficient (Wildman–Crippen LogP) is -0.234. The third-order valence-electron chi connectivity index (χ3n) is 0.0417. The van der Waals surface area contributed by atoms with E-state index in [1.807, 2.05) is 0 Å². The van der Waals surface area contributed by atoms with E-state index in [9.17, 15) is 0 Å². The van der Waals surface area contributed by atoms with Crippen molar-refractivity contribution in [2.75, 3.05) is 0 Å². The van der Waals surface area contributed by atoms with Crippen molar-refractivity contribution in [2.24, 2.45) is 0 Å². The average molecular weight is 56.0 g/mol. The summed E-state index contributed by atoms with van der Waals surface area (Å²) >= 11 is 0. The Morgan fingerprint density at radius 3 is 1.25 bits per heavy atom. The molecule has 0 amide bonds. The van der Waals surface area contributed by atoms with Gasteiger partial charge in [0.2, 0.25) is 0 Å². The molecule has 0 radical (unpaired) electrons. The third kappa shape index (κ3) is 1.48. The number of rotatable bonds is 0. The van der Waals surface area contributed by atoms with Gasteiger partial charge in [0.15, 0.2) is 0 Å². The summed E-state index contributed by atoms with van der Waals surface area (Å²) in [5, 5.41) is 0. The van der Waals surface area contributed by atoms with Crippen LogP contribution in [-0.4, -0.2) is 0 Å². The van der Waals surface area contributed by atoms with Crippen LogP contribution in [0.2, 0.25) is 0 Å². The minimum absolute atomic E-state index is 0.875. The molecular formula is C2O2+2. The van der Waals surface area contributed by atoms with Crippen molar-refractivity contribution in [1.82, 2.24) is 0 Å². The Hall–Kier alpha value is -0.520. The summed E-state index contributed by atoms with van der Waals surface area (Å²) in [5.41, 5.74) is 0. The summed E-state index contributed by atoms with van der Waals surface area (Å²) in [4.78, 5) is 0. The van der Waals surface area contributed by atoms with Crippen LogP contribution >= 0.6 is 0 Å². The standard InChI is InChI=1S/C2O2/c3-1-2-4/q+2. The first-order valence-corrected chi connectivity index (χ1v) is 0.658. The van der Waals surface area contributed by atoms with E-state index in [4.69, 9.17) is 9.30 Å². The van der Waals surface area contributed by atoms with Gasteiger partial charge in [-0.25, -0.2) is 0 Å². The second kappa shape index (κ2) is 2.48. The topological polar surface area (TPSA) is 39.8 Å². The molecule has 0 bridgehead atoms. The van der Waals surface area contributed by atoms with Crippen molar-refractivity contribution in [2.45, 2.75) is 0 Å². The molecule has 0 saturated heterocycles. The maximum atomic E-state index is 8.62. The molecule has 0 aromatic carbocycles. The van der Waals surface area contributed by atoms with Gasteiger partial charge in [-0.3, -0.25) is 0 Å². The van der Waals surface area contributed by atoms with Gasteiger partial charge in [-0.1, -0.05) is 0 Å². The summed E-state index contributed by atoms with van der Waals surface area (Å²) in [7, 11) is 0. The molecule has 2 heteroatoms. The molecule has 0 aliphatic rings. The molecule has 18 valence electrons. The Balaban J connectivity index is 3.14. The fourth-order valence-electron chi connectivity index (χ4n) is 0. The maximum absolute atomic E-state index is 8.62. The summed E-state index contributed by atoms with van der Waals surface area (Å²) in [5.74, 6) is 0. The van der Waals surface area contributed by atoms with E-state index in [-0.39, 0.29) is 0 Å². The fourth-order valence-corrected chi connectivity index (χ4v) is 0. The van der Waals surface area contributed by atoms with Crippen molar-refractivity contribution >= 4 is 0 Å². The zero-order valence-electron chi connectivity index (χ0n) is 1.82. The van der Waals surface area contributed by atoms with Crippen molar-refractivity contribution < 1.29 is 9.30 Å². The second-order valence-corrected chi connectivity index (χ2v) is 0.204. The van der Waals surface area contributed by atoms with Crippen LogP contribution in [-0.2, 0) is 9.30 Å². The van der Waals surface area contributed by atoms with Gasteiger partial charge in [-0.2, -0.15) is 0 Å². The van der Waals surface area contributed by atoms with Crippen molar-refractivity contribution in [1.29, 1.82) is 0 Å². The first-order valence-electron chi connectivity index (χ1n) is 0.658. The summed E-state index contributed by atoms with van der Waals surface area (Å²) in [6.45, 7) is 0. The molecule has 0 spiro atoms. The van der Waals surface area contributed by atoms with E-state index in [2.05, 4.69) is 0 Å². The van der Waals surface area contributed by atoms with Gasteiger partial charge in [0.05, 0.1) is 0 Å². The van der Waals surface area contributed by atoms with Crippen molar-refractivity contribution in [3.63, 3.8) is 0 Å². The molecule has 0 unspecified atom stereocenters. The molecule has 0 atom stereocenters. The average Bonchev–Trinajstić information content (AvgIpc) is 1.37. The van der Waals surface area contributed by atoms with Crippen LogP contribution in [0.15, 0.2) is 0 Å². The van der Waals surface area contributed by atoms with Crippen LogP contribution < -0.4 is 0 Å². The molecule has 2 nitrogen and oxygen atoms in total. The molecule has 0 aromatic rings. The molecular weight excluding hydrogens is 56.0 g/mol. The zero-order chi connectivity index (χ0) is 3.41. The van der Waals surface area contributed by atoms with E-state index >= 15 is 0 Å².